The summed E-state index contributed by atoms with van der Waals surface area (Å²) < 4.78 is 7.32. The number of aryl methyl sites for hydroxylation is 2. The van der Waals surface area contributed by atoms with Crippen molar-refractivity contribution in [3.8, 4) is 5.75 Å². The van der Waals surface area contributed by atoms with Crippen LogP contribution in [-0.2, 0) is 6.54 Å². The fraction of sp³-hybridized carbons (Fsp3) is 0.400. The lowest BCUT2D eigenvalue weighted by Gasteiger charge is -2.16. The molecule has 0 fully saturated rings. The monoisotopic (exact) mass is 259 g/mol. The summed E-state index contributed by atoms with van der Waals surface area (Å²) in [4.78, 5) is 0. The lowest BCUT2D eigenvalue weighted by Crippen LogP contribution is -2.17. The number of rotatable bonds is 5. The molecule has 0 radical (unpaired) electrons. The molecule has 0 aliphatic carbocycles. The second-order valence-electron chi connectivity index (χ2n) is 4.69. The molecule has 2 rings (SSSR count). The summed E-state index contributed by atoms with van der Waals surface area (Å²) >= 11 is 0. The third-order valence-corrected chi connectivity index (χ3v) is 3.29. The molecule has 19 heavy (non-hydrogen) atoms. The van der Waals surface area contributed by atoms with Crippen LogP contribution in [0.15, 0.2) is 30.5 Å². The number of ether oxygens (including phenoxy) is 1. The Labute approximate surface area is 114 Å². The fourth-order valence-corrected chi connectivity index (χ4v) is 2.21. The van der Waals surface area contributed by atoms with Gasteiger partial charge in [-0.25, -0.2) is 0 Å². The first-order valence-electron chi connectivity index (χ1n) is 6.59. The average Bonchev–Trinajstić information content (AvgIpc) is 2.87. The van der Waals surface area contributed by atoms with Crippen molar-refractivity contribution >= 4 is 0 Å². The van der Waals surface area contributed by atoms with Crippen molar-refractivity contribution in [1.29, 1.82) is 0 Å². The molecule has 1 heterocycles. The highest BCUT2D eigenvalue weighted by Gasteiger charge is 2.15. The van der Waals surface area contributed by atoms with Crippen molar-refractivity contribution in [1.82, 2.24) is 9.78 Å². The number of benzene rings is 1. The van der Waals surface area contributed by atoms with E-state index in [4.69, 9.17) is 10.5 Å². The maximum absolute atomic E-state index is 6.35. The smallest absolute Gasteiger partial charge is 0.122 e. The first kappa shape index (κ1) is 13.6. The third-order valence-electron chi connectivity index (χ3n) is 3.29. The maximum Gasteiger partial charge on any atom is 0.122 e. The maximum atomic E-state index is 6.35. The van der Waals surface area contributed by atoms with E-state index in [9.17, 15) is 0 Å². The summed E-state index contributed by atoms with van der Waals surface area (Å²) in [7, 11) is 1.68. The van der Waals surface area contributed by atoms with E-state index in [1.54, 1.807) is 13.3 Å². The van der Waals surface area contributed by atoms with Gasteiger partial charge >= 0.3 is 0 Å². The molecule has 0 saturated heterocycles. The van der Waals surface area contributed by atoms with Crippen molar-refractivity contribution < 1.29 is 4.74 Å². The summed E-state index contributed by atoms with van der Waals surface area (Å²) in [5.41, 5.74) is 9.54. The summed E-state index contributed by atoms with van der Waals surface area (Å²) in [5.74, 6) is 0.870. The molecular weight excluding hydrogens is 238 g/mol. The summed E-state index contributed by atoms with van der Waals surface area (Å²) in [6.07, 6.45) is 2.84. The van der Waals surface area contributed by atoms with E-state index in [0.29, 0.717) is 0 Å². The molecule has 1 atom stereocenters. The lowest BCUT2D eigenvalue weighted by molar-refractivity contribution is 0.411. The van der Waals surface area contributed by atoms with E-state index in [2.05, 4.69) is 12.0 Å². The standard InChI is InChI=1S/C15H21N3O/c1-4-9-18-13(7-8-17-18)15(16)12-6-5-11(2)14(10-12)19-3/h5-8,10,15H,4,9,16H2,1-3H3. The van der Waals surface area contributed by atoms with Gasteiger partial charge in [0.25, 0.3) is 0 Å². The van der Waals surface area contributed by atoms with Gasteiger partial charge in [0.05, 0.1) is 18.8 Å². The molecule has 2 aromatic rings. The Morgan fingerprint density at radius 3 is 2.84 bits per heavy atom. The minimum absolute atomic E-state index is 0.177. The van der Waals surface area contributed by atoms with Gasteiger partial charge in [0, 0.05) is 12.7 Å². The highest BCUT2D eigenvalue weighted by atomic mass is 16.5. The zero-order chi connectivity index (χ0) is 13.8. The largest absolute Gasteiger partial charge is 0.496 e. The van der Waals surface area contributed by atoms with Gasteiger partial charge in [-0.1, -0.05) is 19.1 Å². The quantitative estimate of drug-likeness (QED) is 0.898. The lowest BCUT2D eigenvalue weighted by atomic mass is 10.0. The topological polar surface area (TPSA) is 53.1 Å². The highest BCUT2D eigenvalue weighted by molar-refractivity contribution is 5.39. The molecule has 1 unspecified atom stereocenters. The van der Waals surface area contributed by atoms with Gasteiger partial charge in [-0.05, 0) is 36.6 Å². The Bertz CT molecular complexity index is 548. The van der Waals surface area contributed by atoms with Crippen LogP contribution in [-0.4, -0.2) is 16.9 Å². The zero-order valence-electron chi connectivity index (χ0n) is 11.8. The Hall–Kier alpha value is -1.81. The van der Waals surface area contributed by atoms with Crippen molar-refractivity contribution in [2.24, 2.45) is 5.73 Å². The van der Waals surface area contributed by atoms with Crippen molar-refractivity contribution in [3.05, 3.63) is 47.3 Å². The van der Waals surface area contributed by atoms with Gasteiger partial charge in [0.15, 0.2) is 0 Å². The number of aromatic nitrogens is 2. The Morgan fingerprint density at radius 2 is 2.16 bits per heavy atom. The van der Waals surface area contributed by atoms with Crippen molar-refractivity contribution in [2.45, 2.75) is 32.9 Å². The second kappa shape index (κ2) is 5.89. The second-order valence-corrected chi connectivity index (χ2v) is 4.69. The van der Waals surface area contributed by atoms with Crippen molar-refractivity contribution in [3.63, 3.8) is 0 Å². The molecule has 0 spiro atoms. The highest BCUT2D eigenvalue weighted by Crippen LogP contribution is 2.25. The zero-order valence-corrected chi connectivity index (χ0v) is 11.8. The first-order chi connectivity index (χ1) is 9.17. The van der Waals surface area contributed by atoms with Crippen LogP contribution in [0.4, 0.5) is 0 Å². The van der Waals surface area contributed by atoms with Gasteiger partial charge in [-0.2, -0.15) is 5.10 Å². The minimum atomic E-state index is -0.177. The molecule has 0 aliphatic rings. The molecule has 0 bridgehead atoms. The van der Waals surface area contributed by atoms with Gasteiger partial charge in [0.1, 0.15) is 5.75 Å². The SMILES string of the molecule is CCCn1nccc1C(N)c1ccc(C)c(OC)c1. The number of hydrogen-bond acceptors (Lipinski definition) is 3. The minimum Gasteiger partial charge on any atom is -0.496 e. The molecule has 0 aliphatic heterocycles. The van der Waals surface area contributed by atoms with Crippen LogP contribution < -0.4 is 10.5 Å². The number of methoxy groups -OCH3 is 1. The predicted molar refractivity (Wildman–Crippen MR) is 76.3 cm³/mol. The Kier molecular flexibility index (Phi) is 4.22. The normalized spacial score (nSPS) is 12.4. The number of nitrogens with zero attached hydrogens (tertiary/aromatic N) is 2. The molecular formula is C15H21N3O. The Morgan fingerprint density at radius 1 is 1.37 bits per heavy atom. The number of hydrogen-bond donors (Lipinski definition) is 1. The van der Waals surface area contributed by atoms with E-state index in [1.807, 2.05) is 35.9 Å². The first-order valence-corrected chi connectivity index (χ1v) is 6.59. The summed E-state index contributed by atoms with van der Waals surface area (Å²) in [6.45, 7) is 5.04. The van der Waals surface area contributed by atoms with Crippen LogP contribution in [0.2, 0.25) is 0 Å². The van der Waals surface area contributed by atoms with Gasteiger partial charge < -0.3 is 10.5 Å². The molecule has 0 saturated carbocycles. The third kappa shape index (κ3) is 2.79. The molecule has 102 valence electrons. The van der Waals surface area contributed by atoms with E-state index in [-0.39, 0.29) is 6.04 Å². The predicted octanol–water partition coefficient (Wildman–Crippen LogP) is 2.66. The molecule has 4 nitrogen and oxygen atoms in total. The van der Waals surface area contributed by atoms with E-state index in [1.165, 1.54) is 0 Å². The summed E-state index contributed by atoms with van der Waals surface area (Å²) in [5, 5.41) is 4.32. The average molecular weight is 259 g/mol. The van der Waals surface area contributed by atoms with Crippen LogP contribution in [0.25, 0.3) is 0 Å². The van der Waals surface area contributed by atoms with Crippen LogP contribution in [0.3, 0.4) is 0 Å². The molecule has 0 amide bonds. The van der Waals surface area contributed by atoms with Gasteiger partial charge in [-0.15, -0.1) is 0 Å². The van der Waals surface area contributed by atoms with Crippen LogP contribution >= 0.6 is 0 Å². The molecule has 1 aromatic carbocycles. The van der Waals surface area contributed by atoms with Crippen LogP contribution in [0.5, 0.6) is 5.75 Å². The fourth-order valence-electron chi connectivity index (χ4n) is 2.21. The molecule has 2 N–H and O–H groups in total. The van der Waals surface area contributed by atoms with Crippen LogP contribution in [0.1, 0.15) is 36.2 Å². The van der Waals surface area contributed by atoms with Gasteiger partial charge in [-0.3, -0.25) is 4.68 Å². The van der Waals surface area contributed by atoms with Gasteiger partial charge in [0.2, 0.25) is 0 Å². The molecule has 4 heteroatoms. The van der Waals surface area contributed by atoms with Crippen LogP contribution in [0, 0.1) is 6.92 Å². The summed E-state index contributed by atoms with van der Waals surface area (Å²) in [6, 6.07) is 7.89. The number of nitrogens with two attached hydrogens (primary N) is 1. The Balaban J connectivity index is 2.32. The van der Waals surface area contributed by atoms with E-state index in [0.717, 1.165) is 35.5 Å². The van der Waals surface area contributed by atoms with E-state index < -0.39 is 0 Å². The van der Waals surface area contributed by atoms with E-state index >= 15 is 0 Å². The molecule has 1 aromatic heterocycles. The van der Waals surface area contributed by atoms with Crippen molar-refractivity contribution in [2.75, 3.05) is 7.11 Å².